The number of carbonyl (C=O) groups is 1. The van der Waals surface area contributed by atoms with Gasteiger partial charge in [0.25, 0.3) is 0 Å². The molecular weight excluding hydrogens is 259 g/mol. The Bertz CT molecular complexity index is 539. The second-order valence-corrected chi connectivity index (χ2v) is 4.55. The van der Waals surface area contributed by atoms with Crippen molar-refractivity contribution in [3.05, 3.63) is 29.3 Å². The van der Waals surface area contributed by atoms with E-state index < -0.39 is 28.7 Å². The summed E-state index contributed by atoms with van der Waals surface area (Å²) in [5, 5.41) is 10.9. The third kappa shape index (κ3) is 3.69. The Hall–Kier alpha value is -2.07. The summed E-state index contributed by atoms with van der Waals surface area (Å²) in [5.41, 5.74) is 2.65. The summed E-state index contributed by atoms with van der Waals surface area (Å²) in [7, 11) is 0. The lowest BCUT2D eigenvalue weighted by atomic mass is 10.0. The van der Waals surface area contributed by atoms with Gasteiger partial charge in [-0.2, -0.15) is 18.4 Å². The molecule has 19 heavy (non-hydrogen) atoms. The number of alkyl halides is 3. The lowest BCUT2D eigenvalue weighted by molar-refractivity contribution is -0.137. The average molecular weight is 271 g/mol. The zero-order valence-electron chi connectivity index (χ0n) is 10.3. The molecule has 4 nitrogen and oxygen atoms in total. The number of nitrogens with two attached hydrogens (primary N) is 1. The highest BCUT2D eigenvalue weighted by atomic mass is 19.4. The molecule has 0 fully saturated rings. The van der Waals surface area contributed by atoms with Gasteiger partial charge in [0.1, 0.15) is 0 Å². The Labute approximate surface area is 108 Å². The maximum Gasteiger partial charge on any atom is 0.417 e. The summed E-state index contributed by atoms with van der Waals surface area (Å²) in [6.07, 6.45) is -4.66. The van der Waals surface area contributed by atoms with Gasteiger partial charge in [-0.05, 0) is 32.0 Å². The van der Waals surface area contributed by atoms with Gasteiger partial charge >= 0.3 is 6.18 Å². The predicted octanol–water partition coefficient (Wildman–Crippen LogP) is 2.25. The van der Waals surface area contributed by atoms with E-state index in [0.717, 1.165) is 6.07 Å². The highest BCUT2D eigenvalue weighted by molar-refractivity contribution is 5.97. The van der Waals surface area contributed by atoms with Crippen molar-refractivity contribution in [2.45, 2.75) is 25.6 Å². The third-order valence-electron chi connectivity index (χ3n) is 2.29. The maximum atomic E-state index is 12.7. The van der Waals surface area contributed by atoms with Gasteiger partial charge < -0.3 is 11.1 Å². The average Bonchev–Trinajstić information content (AvgIpc) is 2.26. The van der Waals surface area contributed by atoms with Crippen LogP contribution in [0.5, 0.6) is 0 Å². The number of benzene rings is 1. The molecule has 0 aliphatic rings. The summed E-state index contributed by atoms with van der Waals surface area (Å²) >= 11 is 0. The number of hydrogen-bond acceptors (Lipinski definition) is 3. The zero-order chi connectivity index (χ0) is 14.8. The SMILES string of the molecule is CC(C)(N)C(=O)Nc1ccc(C#N)c(C(F)(F)F)c1. The molecule has 0 spiro atoms. The molecule has 0 heterocycles. The number of hydrogen-bond donors (Lipinski definition) is 2. The van der Waals surface area contributed by atoms with Gasteiger partial charge in [-0.25, -0.2) is 0 Å². The molecule has 3 N–H and O–H groups in total. The normalized spacial score (nSPS) is 11.8. The fraction of sp³-hybridized carbons (Fsp3) is 0.333. The summed E-state index contributed by atoms with van der Waals surface area (Å²) in [4.78, 5) is 11.6. The molecule has 0 aliphatic heterocycles. The Morgan fingerprint density at radius 2 is 1.95 bits per heavy atom. The fourth-order valence-corrected chi connectivity index (χ4v) is 1.25. The minimum absolute atomic E-state index is 0.0603. The van der Waals surface area contributed by atoms with Crippen LogP contribution in [0.3, 0.4) is 0 Å². The van der Waals surface area contributed by atoms with Gasteiger partial charge in [-0.15, -0.1) is 0 Å². The number of nitrogens with one attached hydrogen (secondary N) is 1. The van der Waals surface area contributed by atoms with Gasteiger partial charge in [0.2, 0.25) is 5.91 Å². The van der Waals surface area contributed by atoms with Crippen LogP contribution in [0.15, 0.2) is 18.2 Å². The molecule has 7 heteroatoms. The van der Waals surface area contributed by atoms with Gasteiger partial charge in [0.05, 0.1) is 22.7 Å². The number of carbonyl (C=O) groups excluding carboxylic acids is 1. The molecule has 0 radical (unpaired) electrons. The molecule has 1 aromatic rings. The van der Waals surface area contributed by atoms with E-state index in [1.54, 1.807) is 0 Å². The van der Waals surface area contributed by atoms with E-state index in [1.165, 1.54) is 26.0 Å². The molecule has 0 saturated carbocycles. The van der Waals surface area contributed by atoms with Crippen molar-refractivity contribution in [3.63, 3.8) is 0 Å². The lowest BCUT2D eigenvalue weighted by Gasteiger charge is -2.18. The first-order chi connectivity index (χ1) is 8.55. The molecule has 1 amide bonds. The van der Waals surface area contributed by atoms with Crippen molar-refractivity contribution >= 4 is 11.6 Å². The Balaban J connectivity index is 3.14. The minimum atomic E-state index is -4.66. The molecule has 0 atom stereocenters. The predicted molar refractivity (Wildman–Crippen MR) is 63.1 cm³/mol. The van der Waals surface area contributed by atoms with Crippen LogP contribution in [0, 0.1) is 11.3 Å². The minimum Gasteiger partial charge on any atom is -0.324 e. The van der Waals surface area contributed by atoms with Crippen LogP contribution < -0.4 is 11.1 Å². The first-order valence-electron chi connectivity index (χ1n) is 5.27. The smallest absolute Gasteiger partial charge is 0.324 e. The summed E-state index contributed by atoms with van der Waals surface area (Å²) < 4.78 is 38.1. The van der Waals surface area contributed by atoms with Crippen LogP contribution in [-0.4, -0.2) is 11.4 Å². The van der Waals surface area contributed by atoms with Crippen molar-refractivity contribution in [2.24, 2.45) is 5.73 Å². The lowest BCUT2D eigenvalue weighted by Crippen LogP contribution is -2.45. The van der Waals surface area contributed by atoms with E-state index in [9.17, 15) is 18.0 Å². The Morgan fingerprint density at radius 3 is 2.37 bits per heavy atom. The number of halogens is 3. The van der Waals surface area contributed by atoms with E-state index in [0.29, 0.717) is 6.07 Å². The van der Waals surface area contributed by atoms with E-state index in [4.69, 9.17) is 11.0 Å². The number of amides is 1. The van der Waals surface area contributed by atoms with Crippen LogP contribution in [0.2, 0.25) is 0 Å². The number of nitrogens with zero attached hydrogens (tertiary/aromatic N) is 1. The van der Waals surface area contributed by atoms with Crippen molar-refractivity contribution in [1.82, 2.24) is 0 Å². The summed E-state index contributed by atoms with van der Waals surface area (Å²) in [5.74, 6) is -0.620. The van der Waals surface area contributed by atoms with Crippen LogP contribution >= 0.6 is 0 Å². The molecule has 0 saturated heterocycles. The monoisotopic (exact) mass is 271 g/mol. The second-order valence-electron chi connectivity index (χ2n) is 4.55. The molecule has 1 aromatic carbocycles. The quantitative estimate of drug-likeness (QED) is 0.865. The van der Waals surface area contributed by atoms with Crippen LogP contribution in [-0.2, 0) is 11.0 Å². The molecular formula is C12H12F3N3O. The molecule has 102 valence electrons. The van der Waals surface area contributed by atoms with Crippen LogP contribution in [0.25, 0.3) is 0 Å². The standard InChI is InChI=1S/C12H12F3N3O/c1-11(2,17)10(19)18-8-4-3-7(6-16)9(5-8)12(13,14)15/h3-5H,17H2,1-2H3,(H,18,19). The number of anilines is 1. The van der Waals surface area contributed by atoms with Gasteiger partial charge in [0.15, 0.2) is 0 Å². The van der Waals surface area contributed by atoms with Crippen LogP contribution in [0.1, 0.15) is 25.0 Å². The largest absolute Gasteiger partial charge is 0.417 e. The summed E-state index contributed by atoms with van der Waals surface area (Å²) in [6, 6.07) is 4.39. The Morgan fingerprint density at radius 1 is 1.37 bits per heavy atom. The van der Waals surface area contributed by atoms with Crippen molar-refractivity contribution in [3.8, 4) is 6.07 Å². The van der Waals surface area contributed by atoms with Crippen molar-refractivity contribution in [1.29, 1.82) is 5.26 Å². The van der Waals surface area contributed by atoms with E-state index in [1.807, 2.05) is 0 Å². The molecule has 0 unspecified atom stereocenters. The molecule has 0 bridgehead atoms. The molecule has 0 aliphatic carbocycles. The zero-order valence-corrected chi connectivity index (χ0v) is 10.3. The molecule has 1 rings (SSSR count). The van der Waals surface area contributed by atoms with Gasteiger partial charge in [0, 0.05) is 5.69 Å². The van der Waals surface area contributed by atoms with Crippen molar-refractivity contribution < 1.29 is 18.0 Å². The van der Waals surface area contributed by atoms with Gasteiger partial charge in [-0.3, -0.25) is 4.79 Å². The highest BCUT2D eigenvalue weighted by Gasteiger charge is 2.34. The third-order valence-corrected chi connectivity index (χ3v) is 2.29. The topological polar surface area (TPSA) is 78.9 Å². The number of nitriles is 1. The summed E-state index contributed by atoms with van der Waals surface area (Å²) in [6.45, 7) is 2.85. The molecule has 0 aromatic heterocycles. The Kier molecular flexibility index (Phi) is 3.86. The van der Waals surface area contributed by atoms with Crippen molar-refractivity contribution in [2.75, 3.05) is 5.32 Å². The second kappa shape index (κ2) is 4.90. The number of rotatable bonds is 2. The fourth-order valence-electron chi connectivity index (χ4n) is 1.25. The van der Waals surface area contributed by atoms with Gasteiger partial charge in [-0.1, -0.05) is 0 Å². The van der Waals surface area contributed by atoms with E-state index >= 15 is 0 Å². The van der Waals surface area contributed by atoms with E-state index in [2.05, 4.69) is 5.32 Å². The first-order valence-corrected chi connectivity index (χ1v) is 5.27. The first kappa shape index (κ1) is 15.0. The van der Waals surface area contributed by atoms with E-state index in [-0.39, 0.29) is 5.69 Å². The maximum absolute atomic E-state index is 12.7. The van der Waals surface area contributed by atoms with Crippen LogP contribution in [0.4, 0.5) is 18.9 Å². The highest BCUT2D eigenvalue weighted by Crippen LogP contribution is 2.33.